The minimum atomic E-state index is 0.0992. The second-order valence-electron chi connectivity index (χ2n) is 7.07. The SMILES string of the molecule is CCOCC1COCCC12CCN(C(=O)c1cccc(OC)c1)CC2. The molecule has 3 rings (SSSR count). The van der Waals surface area contributed by atoms with E-state index in [9.17, 15) is 4.79 Å². The molecule has 0 aliphatic carbocycles. The van der Waals surface area contributed by atoms with Crippen molar-refractivity contribution in [1.82, 2.24) is 4.90 Å². The molecule has 0 saturated carbocycles. The van der Waals surface area contributed by atoms with Crippen molar-refractivity contribution in [2.45, 2.75) is 26.2 Å². The maximum Gasteiger partial charge on any atom is 0.253 e. The quantitative estimate of drug-likeness (QED) is 0.822. The zero-order chi connectivity index (χ0) is 17.7. The Kier molecular flexibility index (Phi) is 5.97. The molecule has 2 saturated heterocycles. The molecule has 1 aromatic rings. The number of carbonyl (C=O) groups is 1. The number of methoxy groups -OCH3 is 1. The van der Waals surface area contributed by atoms with Gasteiger partial charge in [-0.25, -0.2) is 0 Å². The van der Waals surface area contributed by atoms with E-state index in [1.807, 2.05) is 36.1 Å². The van der Waals surface area contributed by atoms with Crippen LogP contribution in [-0.4, -0.2) is 57.4 Å². The Morgan fingerprint density at radius 3 is 2.84 bits per heavy atom. The van der Waals surface area contributed by atoms with Gasteiger partial charge >= 0.3 is 0 Å². The van der Waals surface area contributed by atoms with E-state index in [-0.39, 0.29) is 11.3 Å². The van der Waals surface area contributed by atoms with Crippen molar-refractivity contribution < 1.29 is 19.0 Å². The third-order valence-electron chi connectivity index (χ3n) is 5.82. The lowest BCUT2D eigenvalue weighted by molar-refractivity contribution is -0.0956. The largest absolute Gasteiger partial charge is 0.497 e. The van der Waals surface area contributed by atoms with Crippen molar-refractivity contribution in [2.75, 3.05) is 46.6 Å². The molecule has 2 aliphatic rings. The molecule has 1 atom stereocenters. The third-order valence-corrected chi connectivity index (χ3v) is 5.82. The second-order valence-corrected chi connectivity index (χ2v) is 7.07. The van der Waals surface area contributed by atoms with E-state index >= 15 is 0 Å². The van der Waals surface area contributed by atoms with Crippen LogP contribution in [-0.2, 0) is 9.47 Å². The van der Waals surface area contributed by atoms with E-state index in [4.69, 9.17) is 14.2 Å². The standard InChI is InChI=1S/C20H29NO4/c1-3-24-14-17-15-25-12-9-20(17)7-10-21(11-8-20)19(22)16-5-4-6-18(13-16)23-2/h4-6,13,17H,3,7-12,14-15H2,1-2H3. The van der Waals surface area contributed by atoms with Gasteiger partial charge in [-0.1, -0.05) is 6.07 Å². The van der Waals surface area contributed by atoms with E-state index in [1.54, 1.807) is 7.11 Å². The minimum Gasteiger partial charge on any atom is -0.497 e. The fraction of sp³-hybridized carbons (Fsp3) is 0.650. The van der Waals surface area contributed by atoms with Crippen LogP contribution in [0.1, 0.15) is 36.5 Å². The van der Waals surface area contributed by atoms with E-state index in [0.717, 1.165) is 64.5 Å². The van der Waals surface area contributed by atoms with Gasteiger partial charge in [0.15, 0.2) is 0 Å². The molecular weight excluding hydrogens is 318 g/mol. The van der Waals surface area contributed by atoms with Crippen LogP contribution in [0.3, 0.4) is 0 Å². The maximum absolute atomic E-state index is 12.8. The average molecular weight is 347 g/mol. The summed E-state index contributed by atoms with van der Waals surface area (Å²) in [5.74, 6) is 1.26. The van der Waals surface area contributed by atoms with Crippen molar-refractivity contribution >= 4 is 5.91 Å². The molecule has 0 aromatic heterocycles. The van der Waals surface area contributed by atoms with Gasteiger partial charge in [0.05, 0.1) is 20.3 Å². The number of carbonyl (C=O) groups excluding carboxylic acids is 1. The van der Waals surface area contributed by atoms with Crippen LogP contribution in [0.5, 0.6) is 5.75 Å². The first-order valence-corrected chi connectivity index (χ1v) is 9.27. The van der Waals surface area contributed by atoms with Gasteiger partial charge < -0.3 is 19.1 Å². The normalized spacial score (nSPS) is 22.8. The molecule has 5 heteroatoms. The summed E-state index contributed by atoms with van der Waals surface area (Å²) in [4.78, 5) is 14.8. The predicted octanol–water partition coefficient (Wildman–Crippen LogP) is 2.99. The number of hydrogen-bond donors (Lipinski definition) is 0. The first-order chi connectivity index (χ1) is 12.2. The van der Waals surface area contributed by atoms with Crippen LogP contribution in [0.25, 0.3) is 0 Å². The Morgan fingerprint density at radius 1 is 1.32 bits per heavy atom. The smallest absolute Gasteiger partial charge is 0.253 e. The molecule has 2 aliphatic heterocycles. The van der Waals surface area contributed by atoms with E-state index in [2.05, 4.69) is 0 Å². The van der Waals surface area contributed by atoms with Crippen molar-refractivity contribution in [3.8, 4) is 5.75 Å². The van der Waals surface area contributed by atoms with Crippen molar-refractivity contribution in [2.24, 2.45) is 11.3 Å². The summed E-state index contributed by atoms with van der Waals surface area (Å²) in [6.45, 7) is 6.76. The van der Waals surface area contributed by atoms with Gasteiger partial charge in [-0.3, -0.25) is 4.79 Å². The molecule has 0 radical (unpaired) electrons. The molecule has 5 nitrogen and oxygen atoms in total. The van der Waals surface area contributed by atoms with Gasteiger partial charge in [-0.15, -0.1) is 0 Å². The highest BCUT2D eigenvalue weighted by atomic mass is 16.5. The average Bonchev–Trinajstić information content (AvgIpc) is 2.67. The van der Waals surface area contributed by atoms with Gasteiger partial charge in [0.2, 0.25) is 0 Å². The number of benzene rings is 1. The van der Waals surface area contributed by atoms with Crippen molar-refractivity contribution in [3.05, 3.63) is 29.8 Å². The first-order valence-electron chi connectivity index (χ1n) is 9.27. The molecule has 0 N–H and O–H groups in total. The summed E-state index contributed by atoms with van der Waals surface area (Å²) in [6, 6.07) is 7.41. The number of ether oxygens (including phenoxy) is 3. The lowest BCUT2D eigenvalue weighted by Gasteiger charge is -2.49. The fourth-order valence-corrected chi connectivity index (χ4v) is 4.12. The number of amides is 1. The van der Waals surface area contributed by atoms with E-state index in [1.165, 1.54) is 0 Å². The van der Waals surface area contributed by atoms with Gasteiger partial charge in [-0.05, 0) is 49.8 Å². The lowest BCUT2D eigenvalue weighted by Crippen LogP contribution is -2.50. The van der Waals surface area contributed by atoms with Crippen molar-refractivity contribution in [3.63, 3.8) is 0 Å². The van der Waals surface area contributed by atoms with E-state index in [0.29, 0.717) is 11.5 Å². The summed E-state index contributed by atoms with van der Waals surface area (Å²) < 4.78 is 16.6. The van der Waals surface area contributed by atoms with Gasteiger partial charge in [-0.2, -0.15) is 0 Å². The predicted molar refractivity (Wildman–Crippen MR) is 96.0 cm³/mol. The van der Waals surface area contributed by atoms with Crippen LogP contribution < -0.4 is 4.74 Å². The highest BCUT2D eigenvalue weighted by Gasteiger charge is 2.44. The van der Waals surface area contributed by atoms with Gasteiger partial charge in [0.25, 0.3) is 5.91 Å². The highest BCUT2D eigenvalue weighted by molar-refractivity contribution is 5.94. The number of likely N-dealkylation sites (tertiary alicyclic amines) is 1. The fourth-order valence-electron chi connectivity index (χ4n) is 4.12. The summed E-state index contributed by atoms with van der Waals surface area (Å²) in [7, 11) is 1.62. The molecule has 1 amide bonds. The first kappa shape index (κ1) is 18.2. The van der Waals surface area contributed by atoms with Crippen LogP contribution in [0.4, 0.5) is 0 Å². The molecule has 25 heavy (non-hydrogen) atoms. The number of rotatable bonds is 5. The number of nitrogens with zero attached hydrogens (tertiary/aromatic N) is 1. The molecule has 0 bridgehead atoms. The molecular formula is C20H29NO4. The third kappa shape index (κ3) is 3.98. The van der Waals surface area contributed by atoms with Crippen LogP contribution >= 0.6 is 0 Å². The summed E-state index contributed by atoms with van der Waals surface area (Å²) in [6.07, 6.45) is 3.14. The molecule has 1 spiro atoms. The van der Waals surface area contributed by atoms with E-state index < -0.39 is 0 Å². The monoisotopic (exact) mass is 347 g/mol. The lowest BCUT2D eigenvalue weighted by atomic mass is 9.66. The summed E-state index contributed by atoms with van der Waals surface area (Å²) in [5, 5.41) is 0. The summed E-state index contributed by atoms with van der Waals surface area (Å²) >= 11 is 0. The minimum absolute atomic E-state index is 0.0992. The Hall–Kier alpha value is -1.59. The zero-order valence-electron chi connectivity index (χ0n) is 15.3. The summed E-state index contributed by atoms with van der Waals surface area (Å²) in [5.41, 5.74) is 0.964. The zero-order valence-corrected chi connectivity index (χ0v) is 15.3. The maximum atomic E-state index is 12.8. The van der Waals surface area contributed by atoms with Crippen LogP contribution in [0, 0.1) is 11.3 Å². The number of hydrogen-bond acceptors (Lipinski definition) is 4. The Morgan fingerprint density at radius 2 is 2.12 bits per heavy atom. The van der Waals surface area contributed by atoms with Gasteiger partial charge in [0, 0.05) is 37.8 Å². The molecule has 1 aromatic carbocycles. The Labute approximate surface area is 150 Å². The molecule has 1 unspecified atom stereocenters. The molecule has 2 heterocycles. The van der Waals surface area contributed by atoms with Crippen LogP contribution in [0.15, 0.2) is 24.3 Å². The van der Waals surface area contributed by atoms with Crippen LogP contribution in [0.2, 0.25) is 0 Å². The van der Waals surface area contributed by atoms with Crippen molar-refractivity contribution in [1.29, 1.82) is 0 Å². The molecule has 138 valence electrons. The topological polar surface area (TPSA) is 48.0 Å². The second kappa shape index (κ2) is 8.19. The van der Waals surface area contributed by atoms with Gasteiger partial charge in [0.1, 0.15) is 5.75 Å². The molecule has 2 fully saturated rings. The highest BCUT2D eigenvalue weighted by Crippen LogP contribution is 2.45. The Balaban J connectivity index is 1.64. The Bertz CT molecular complexity index is 581. The number of piperidine rings is 1.